The number of benzene rings is 1. The van der Waals surface area contributed by atoms with Crippen LogP contribution in [0.1, 0.15) is 25.8 Å². The molecule has 0 amide bonds. The third-order valence-corrected chi connectivity index (χ3v) is 4.56. The highest BCUT2D eigenvalue weighted by Crippen LogP contribution is 2.17. The molecule has 0 heterocycles. The molecule has 1 aromatic carbocycles. The Morgan fingerprint density at radius 1 is 1.37 bits per heavy atom. The molecule has 0 aliphatic carbocycles. The van der Waals surface area contributed by atoms with Gasteiger partial charge in [-0.2, -0.15) is 0 Å². The maximum atomic E-state index is 13.0. The Morgan fingerprint density at radius 3 is 2.53 bits per heavy atom. The van der Waals surface area contributed by atoms with Gasteiger partial charge in [0.15, 0.2) is 0 Å². The van der Waals surface area contributed by atoms with Crippen LogP contribution in [-0.2, 0) is 10.0 Å². The number of halogens is 2. The molecule has 1 unspecified atom stereocenters. The van der Waals surface area contributed by atoms with Crippen LogP contribution < -0.4 is 4.72 Å². The lowest BCUT2D eigenvalue weighted by Gasteiger charge is -2.14. The van der Waals surface area contributed by atoms with Crippen LogP contribution in [0.15, 0.2) is 23.1 Å². The first-order valence-electron chi connectivity index (χ1n) is 6.12. The van der Waals surface area contributed by atoms with Gasteiger partial charge < -0.3 is 0 Å². The second-order valence-corrected chi connectivity index (χ2v) is 7.34. The van der Waals surface area contributed by atoms with E-state index in [9.17, 15) is 12.8 Å². The van der Waals surface area contributed by atoms with Crippen LogP contribution in [0.3, 0.4) is 0 Å². The van der Waals surface area contributed by atoms with Crippen LogP contribution >= 0.6 is 11.6 Å². The molecule has 19 heavy (non-hydrogen) atoms. The summed E-state index contributed by atoms with van der Waals surface area (Å²) in [5, 5.41) is -0.254. The number of nitrogens with one attached hydrogen (secondary N) is 1. The van der Waals surface area contributed by atoms with Crippen molar-refractivity contribution in [2.24, 2.45) is 5.92 Å². The summed E-state index contributed by atoms with van der Waals surface area (Å²) in [6.07, 6.45) is 0.729. The Kier molecular flexibility index (Phi) is 5.77. The molecule has 0 radical (unpaired) electrons. The van der Waals surface area contributed by atoms with Crippen LogP contribution in [0.25, 0.3) is 0 Å². The lowest BCUT2D eigenvalue weighted by Crippen LogP contribution is -2.31. The normalized spacial score (nSPS) is 13.8. The molecule has 0 saturated carbocycles. The molecule has 0 fully saturated rings. The van der Waals surface area contributed by atoms with Crippen molar-refractivity contribution in [3.05, 3.63) is 29.6 Å². The molecule has 1 aromatic rings. The van der Waals surface area contributed by atoms with Crippen molar-refractivity contribution < 1.29 is 12.8 Å². The van der Waals surface area contributed by atoms with Crippen molar-refractivity contribution in [2.45, 2.75) is 37.5 Å². The van der Waals surface area contributed by atoms with E-state index in [2.05, 4.69) is 4.72 Å². The number of hydrogen-bond acceptors (Lipinski definition) is 2. The number of alkyl halides is 1. The molecule has 1 rings (SSSR count). The summed E-state index contributed by atoms with van der Waals surface area (Å²) in [5.41, 5.74) is 0.377. The van der Waals surface area contributed by atoms with E-state index in [1.165, 1.54) is 12.1 Å². The van der Waals surface area contributed by atoms with Crippen LogP contribution in [0.2, 0.25) is 0 Å². The van der Waals surface area contributed by atoms with Gasteiger partial charge in [-0.1, -0.05) is 13.8 Å². The highest BCUT2D eigenvalue weighted by molar-refractivity contribution is 7.89. The van der Waals surface area contributed by atoms with Crippen LogP contribution in [0.4, 0.5) is 4.39 Å². The molecule has 1 N–H and O–H groups in total. The molecule has 0 aromatic heterocycles. The van der Waals surface area contributed by atoms with Crippen molar-refractivity contribution in [1.29, 1.82) is 0 Å². The van der Waals surface area contributed by atoms with E-state index in [1.54, 1.807) is 6.92 Å². The molecule has 0 saturated heterocycles. The molecule has 108 valence electrons. The first-order valence-corrected chi connectivity index (χ1v) is 8.04. The van der Waals surface area contributed by atoms with Gasteiger partial charge >= 0.3 is 0 Å². The smallest absolute Gasteiger partial charge is 0.210 e. The molecular formula is C13H19ClFNO2S. The lowest BCUT2D eigenvalue weighted by atomic mass is 10.1. The second-order valence-electron chi connectivity index (χ2n) is 4.99. The van der Waals surface area contributed by atoms with E-state index >= 15 is 0 Å². The van der Waals surface area contributed by atoms with Gasteiger partial charge in [0.2, 0.25) is 10.0 Å². The Labute approximate surface area is 119 Å². The largest absolute Gasteiger partial charge is 0.240 e. The topological polar surface area (TPSA) is 46.2 Å². The maximum absolute atomic E-state index is 13.0. The van der Waals surface area contributed by atoms with Gasteiger partial charge in [-0.25, -0.2) is 17.5 Å². The standard InChI is InChI=1S/C13H19ClFNO2S/c1-9(2)6-11(14)8-16-19(17,18)13-5-4-12(15)7-10(13)3/h4-5,7,9,11,16H,6,8H2,1-3H3. The minimum atomic E-state index is -3.64. The van der Waals surface area contributed by atoms with E-state index in [1.807, 2.05) is 13.8 Å². The highest BCUT2D eigenvalue weighted by Gasteiger charge is 2.18. The zero-order valence-corrected chi connectivity index (χ0v) is 12.9. The van der Waals surface area contributed by atoms with Crippen molar-refractivity contribution >= 4 is 21.6 Å². The third-order valence-electron chi connectivity index (χ3n) is 2.65. The summed E-state index contributed by atoms with van der Waals surface area (Å²) >= 11 is 6.05. The van der Waals surface area contributed by atoms with Gasteiger partial charge in [0.25, 0.3) is 0 Å². The van der Waals surface area contributed by atoms with Crippen molar-refractivity contribution in [2.75, 3.05) is 6.54 Å². The van der Waals surface area contributed by atoms with Crippen molar-refractivity contribution in [1.82, 2.24) is 4.72 Å². The van der Waals surface area contributed by atoms with Crippen LogP contribution in [0, 0.1) is 18.7 Å². The third kappa shape index (κ3) is 5.09. The zero-order chi connectivity index (χ0) is 14.6. The van der Waals surface area contributed by atoms with E-state index in [4.69, 9.17) is 11.6 Å². The predicted molar refractivity (Wildman–Crippen MR) is 75.4 cm³/mol. The molecular weight excluding hydrogens is 289 g/mol. The number of sulfonamides is 1. The van der Waals surface area contributed by atoms with Crippen LogP contribution in [-0.4, -0.2) is 20.3 Å². The minimum absolute atomic E-state index is 0.0855. The quantitative estimate of drug-likeness (QED) is 0.821. The average Bonchev–Trinajstić information content (AvgIpc) is 2.25. The molecule has 6 heteroatoms. The SMILES string of the molecule is Cc1cc(F)ccc1S(=O)(=O)NCC(Cl)CC(C)C. The van der Waals surface area contributed by atoms with Gasteiger partial charge in [0.05, 0.1) is 4.90 Å². The highest BCUT2D eigenvalue weighted by atomic mass is 35.5. The molecule has 3 nitrogen and oxygen atoms in total. The minimum Gasteiger partial charge on any atom is -0.210 e. The van der Waals surface area contributed by atoms with Gasteiger partial charge in [-0.3, -0.25) is 0 Å². The fourth-order valence-electron chi connectivity index (χ4n) is 1.79. The maximum Gasteiger partial charge on any atom is 0.240 e. The number of rotatable bonds is 6. The molecule has 0 aliphatic rings. The Hall–Kier alpha value is -0.650. The molecule has 0 aliphatic heterocycles. The van der Waals surface area contributed by atoms with E-state index in [0.717, 1.165) is 12.5 Å². The first kappa shape index (κ1) is 16.4. The first-order chi connectivity index (χ1) is 8.72. The van der Waals surface area contributed by atoms with Gasteiger partial charge in [-0.15, -0.1) is 11.6 Å². The Morgan fingerprint density at radius 2 is 2.00 bits per heavy atom. The fraction of sp³-hybridized carbons (Fsp3) is 0.538. The summed E-state index contributed by atoms with van der Waals surface area (Å²) in [6, 6.07) is 3.59. The van der Waals surface area contributed by atoms with Crippen LogP contribution in [0.5, 0.6) is 0 Å². The lowest BCUT2D eigenvalue weighted by molar-refractivity contribution is 0.544. The van der Waals surface area contributed by atoms with E-state index < -0.39 is 15.8 Å². The molecule has 1 atom stereocenters. The van der Waals surface area contributed by atoms with Gasteiger partial charge in [0, 0.05) is 11.9 Å². The van der Waals surface area contributed by atoms with Gasteiger partial charge in [0.1, 0.15) is 5.82 Å². The van der Waals surface area contributed by atoms with Crippen molar-refractivity contribution in [3.8, 4) is 0 Å². The second kappa shape index (κ2) is 6.68. The monoisotopic (exact) mass is 307 g/mol. The van der Waals surface area contributed by atoms with Gasteiger partial charge in [-0.05, 0) is 43.0 Å². The summed E-state index contributed by atoms with van der Waals surface area (Å²) in [7, 11) is -3.64. The van der Waals surface area contributed by atoms with E-state index in [0.29, 0.717) is 11.5 Å². The van der Waals surface area contributed by atoms with E-state index in [-0.39, 0.29) is 16.8 Å². The van der Waals surface area contributed by atoms with Crippen molar-refractivity contribution in [3.63, 3.8) is 0 Å². The fourth-order valence-corrected chi connectivity index (χ4v) is 3.62. The summed E-state index contributed by atoms with van der Waals surface area (Å²) in [5.74, 6) is -0.0500. The number of aryl methyl sites for hydroxylation is 1. The predicted octanol–water partition coefficient (Wildman–Crippen LogP) is 3.07. The Balaban J connectivity index is 2.76. The Bertz CT molecular complexity index is 531. The zero-order valence-electron chi connectivity index (χ0n) is 11.3. The summed E-state index contributed by atoms with van der Waals surface area (Å²) < 4.78 is 39.5. The number of hydrogen-bond donors (Lipinski definition) is 1. The average molecular weight is 308 g/mol. The summed E-state index contributed by atoms with van der Waals surface area (Å²) in [4.78, 5) is 0.0855. The summed E-state index contributed by atoms with van der Waals surface area (Å²) in [6.45, 7) is 5.77. The molecule has 0 spiro atoms. The molecule has 0 bridgehead atoms.